The Morgan fingerprint density at radius 1 is 1.25 bits per heavy atom. The van der Waals surface area contributed by atoms with Gasteiger partial charge in [0, 0.05) is 22.4 Å². The molecular formula is C15H17BrFN3. The first-order valence-electron chi connectivity index (χ1n) is 6.49. The van der Waals surface area contributed by atoms with E-state index in [4.69, 9.17) is 0 Å². The van der Waals surface area contributed by atoms with Crippen molar-refractivity contribution in [2.24, 2.45) is 0 Å². The van der Waals surface area contributed by atoms with Gasteiger partial charge in [0.1, 0.15) is 5.82 Å². The van der Waals surface area contributed by atoms with Crippen molar-refractivity contribution in [3.8, 4) is 0 Å². The number of nitrogens with one attached hydrogen (secondary N) is 1. The van der Waals surface area contributed by atoms with E-state index < -0.39 is 0 Å². The number of hydrogen-bond donors (Lipinski definition) is 1. The van der Waals surface area contributed by atoms with Crippen LogP contribution < -0.4 is 5.32 Å². The van der Waals surface area contributed by atoms with Crippen molar-refractivity contribution in [1.82, 2.24) is 9.97 Å². The fraction of sp³-hybridized carbons (Fsp3) is 0.333. The molecule has 0 fully saturated rings. The number of rotatable bonds is 4. The van der Waals surface area contributed by atoms with Crippen LogP contribution >= 0.6 is 15.9 Å². The molecule has 0 saturated carbocycles. The summed E-state index contributed by atoms with van der Waals surface area (Å²) in [6.07, 6.45) is 0. The first-order chi connectivity index (χ1) is 9.45. The molecule has 1 heterocycles. The number of aryl methyl sites for hydroxylation is 1. The minimum atomic E-state index is -0.252. The van der Waals surface area contributed by atoms with Crippen LogP contribution in [0.25, 0.3) is 0 Å². The lowest BCUT2D eigenvalue weighted by molar-refractivity contribution is 0.625. The first-order valence-corrected chi connectivity index (χ1v) is 7.28. The van der Waals surface area contributed by atoms with E-state index in [1.165, 1.54) is 12.1 Å². The Balaban J connectivity index is 2.16. The highest BCUT2D eigenvalue weighted by Crippen LogP contribution is 2.19. The van der Waals surface area contributed by atoms with Crippen LogP contribution in [0.15, 0.2) is 28.7 Å². The Hall–Kier alpha value is -1.49. The summed E-state index contributed by atoms with van der Waals surface area (Å²) >= 11 is 3.41. The van der Waals surface area contributed by atoms with Gasteiger partial charge in [0.2, 0.25) is 5.95 Å². The van der Waals surface area contributed by atoms with E-state index in [1.807, 2.05) is 13.0 Å². The van der Waals surface area contributed by atoms with Gasteiger partial charge >= 0.3 is 0 Å². The number of benzene rings is 1. The SMILES string of the molecule is Cc1cc(C(C)C)nc(NCc2cc(F)ccc2Br)n1. The van der Waals surface area contributed by atoms with Gasteiger partial charge in [0.15, 0.2) is 0 Å². The summed E-state index contributed by atoms with van der Waals surface area (Å²) in [6, 6.07) is 6.60. The molecule has 3 nitrogen and oxygen atoms in total. The summed E-state index contributed by atoms with van der Waals surface area (Å²) in [6.45, 7) is 6.60. The Morgan fingerprint density at radius 2 is 2.00 bits per heavy atom. The molecule has 0 saturated heterocycles. The van der Waals surface area contributed by atoms with Crippen LogP contribution in [0, 0.1) is 12.7 Å². The van der Waals surface area contributed by atoms with Gasteiger partial charge in [-0.1, -0.05) is 29.8 Å². The Labute approximate surface area is 126 Å². The predicted octanol–water partition coefficient (Wildman–Crippen LogP) is 4.42. The fourth-order valence-corrected chi connectivity index (χ4v) is 2.21. The molecule has 0 aliphatic heterocycles. The van der Waals surface area contributed by atoms with Gasteiger partial charge in [-0.2, -0.15) is 0 Å². The van der Waals surface area contributed by atoms with Crippen LogP contribution in [0.4, 0.5) is 10.3 Å². The molecule has 1 aromatic carbocycles. The molecule has 0 aliphatic carbocycles. The summed E-state index contributed by atoms with van der Waals surface area (Å²) in [5.41, 5.74) is 2.75. The Bertz CT molecular complexity index is 614. The standard InChI is InChI=1S/C15H17BrFN3/c1-9(2)14-6-10(3)19-15(20-14)18-8-11-7-12(17)4-5-13(11)16/h4-7,9H,8H2,1-3H3,(H,18,19,20). The summed E-state index contributed by atoms with van der Waals surface area (Å²) < 4.78 is 14.1. The Kier molecular flexibility index (Phi) is 4.70. The molecule has 20 heavy (non-hydrogen) atoms. The van der Waals surface area contributed by atoms with Crippen LogP contribution in [0.3, 0.4) is 0 Å². The van der Waals surface area contributed by atoms with E-state index in [0.717, 1.165) is 21.4 Å². The van der Waals surface area contributed by atoms with Crippen molar-refractivity contribution in [3.63, 3.8) is 0 Å². The lowest BCUT2D eigenvalue weighted by atomic mass is 10.1. The quantitative estimate of drug-likeness (QED) is 0.897. The maximum absolute atomic E-state index is 13.2. The summed E-state index contributed by atoms with van der Waals surface area (Å²) in [5.74, 6) is 0.668. The average Bonchev–Trinajstić information content (AvgIpc) is 2.39. The van der Waals surface area contributed by atoms with Gasteiger partial charge in [-0.15, -0.1) is 0 Å². The molecule has 5 heteroatoms. The van der Waals surface area contributed by atoms with Crippen LogP contribution in [0.2, 0.25) is 0 Å². The first kappa shape index (κ1) is 14.9. The minimum Gasteiger partial charge on any atom is -0.350 e. The molecule has 0 aliphatic rings. The van der Waals surface area contributed by atoms with Gasteiger partial charge in [-0.3, -0.25) is 0 Å². The zero-order chi connectivity index (χ0) is 14.7. The topological polar surface area (TPSA) is 37.8 Å². The van der Waals surface area contributed by atoms with E-state index in [-0.39, 0.29) is 5.82 Å². The molecule has 0 unspecified atom stereocenters. The van der Waals surface area contributed by atoms with Crippen molar-refractivity contribution >= 4 is 21.9 Å². The molecule has 1 aromatic heterocycles. The van der Waals surface area contributed by atoms with Gasteiger partial charge in [-0.25, -0.2) is 14.4 Å². The summed E-state index contributed by atoms with van der Waals surface area (Å²) in [4.78, 5) is 8.82. The maximum atomic E-state index is 13.2. The lowest BCUT2D eigenvalue weighted by Crippen LogP contribution is -2.07. The highest BCUT2D eigenvalue weighted by Gasteiger charge is 2.07. The fourth-order valence-electron chi connectivity index (χ4n) is 1.82. The average molecular weight is 338 g/mol. The van der Waals surface area contributed by atoms with Gasteiger partial charge in [-0.05, 0) is 42.7 Å². The molecule has 2 aromatic rings. The van der Waals surface area contributed by atoms with Crippen LogP contribution in [-0.2, 0) is 6.54 Å². The molecule has 0 bridgehead atoms. The maximum Gasteiger partial charge on any atom is 0.223 e. The molecule has 106 valence electrons. The van der Waals surface area contributed by atoms with Crippen LogP contribution in [0.1, 0.15) is 36.7 Å². The predicted molar refractivity (Wildman–Crippen MR) is 82.3 cm³/mol. The zero-order valence-electron chi connectivity index (χ0n) is 11.7. The van der Waals surface area contributed by atoms with E-state index in [0.29, 0.717) is 18.4 Å². The van der Waals surface area contributed by atoms with E-state index in [2.05, 4.69) is 45.1 Å². The van der Waals surface area contributed by atoms with E-state index >= 15 is 0 Å². The number of anilines is 1. The number of aromatic nitrogens is 2. The van der Waals surface area contributed by atoms with Gasteiger partial charge < -0.3 is 5.32 Å². The minimum absolute atomic E-state index is 0.252. The molecule has 0 radical (unpaired) electrons. The second kappa shape index (κ2) is 6.31. The van der Waals surface area contributed by atoms with Crippen molar-refractivity contribution < 1.29 is 4.39 Å². The molecule has 0 spiro atoms. The number of hydrogen-bond acceptors (Lipinski definition) is 3. The van der Waals surface area contributed by atoms with Crippen molar-refractivity contribution in [3.05, 3.63) is 51.5 Å². The van der Waals surface area contributed by atoms with Crippen molar-refractivity contribution in [2.75, 3.05) is 5.32 Å². The largest absolute Gasteiger partial charge is 0.350 e. The van der Waals surface area contributed by atoms with Crippen LogP contribution in [-0.4, -0.2) is 9.97 Å². The third-order valence-corrected chi connectivity index (χ3v) is 3.68. The highest BCUT2D eigenvalue weighted by atomic mass is 79.9. The van der Waals surface area contributed by atoms with Gasteiger partial charge in [0.05, 0.1) is 0 Å². The number of halogens is 2. The Morgan fingerprint density at radius 3 is 2.70 bits per heavy atom. The monoisotopic (exact) mass is 337 g/mol. The van der Waals surface area contributed by atoms with E-state index in [1.54, 1.807) is 6.07 Å². The van der Waals surface area contributed by atoms with E-state index in [9.17, 15) is 4.39 Å². The summed E-state index contributed by atoms with van der Waals surface area (Å²) in [5, 5.41) is 3.15. The molecule has 0 atom stereocenters. The number of nitrogens with zero attached hydrogens (tertiary/aromatic N) is 2. The third kappa shape index (κ3) is 3.76. The van der Waals surface area contributed by atoms with Crippen molar-refractivity contribution in [1.29, 1.82) is 0 Å². The molecule has 2 rings (SSSR count). The van der Waals surface area contributed by atoms with Gasteiger partial charge in [0.25, 0.3) is 0 Å². The highest BCUT2D eigenvalue weighted by molar-refractivity contribution is 9.10. The molecule has 1 N–H and O–H groups in total. The smallest absolute Gasteiger partial charge is 0.223 e. The third-order valence-electron chi connectivity index (χ3n) is 2.91. The summed E-state index contributed by atoms with van der Waals surface area (Å²) in [7, 11) is 0. The second-order valence-electron chi connectivity index (χ2n) is 5.00. The zero-order valence-corrected chi connectivity index (χ0v) is 13.3. The van der Waals surface area contributed by atoms with Crippen molar-refractivity contribution in [2.45, 2.75) is 33.2 Å². The lowest BCUT2D eigenvalue weighted by Gasteiger charge is -2.11. The normalized spacial score (nSPS) is 10.9. The second-order valence-corrected chi connectivity index (χ2v) is 5.86. The molecular weight excluding hydrogens is 321 g/mol. The van der Waals surface area contributed by atoms with Crippen LogP contribution in [0.5, 0.6) is 0 Å². The molecule has 0 amide bonds.